The van der Waals surface area contributed by atoms with Crippen LogP contribution in [0.25, 0.3) is 0 Å². The summed E-state index contributed by atoms with van der Waals surface area (Å²) < 4.78 is 5.66. The van der Waals surface area contributed by atoms with Gasteiger partial charge in [0.1, 0.15) is 0 Å². The third-order valence-electron chi connectivity index (χ3n) is 6.81. The quantitative estimate of drug-likeness (QED) is 0.329. The lowest BCUT2D eigenvalue weighted by Crippen LogP contribution is -2.45. The van der Waals surface area contributed by atoms with Crippen LogP contribution in [0.5, 0.6) is 0 Å². The van der Waals surface area contributed by atoms with Crippen LogP contribution in [0.3, 0.4) is 0 Å². The maximum atomic E-state index is 5.66. The number of likely N-dealkylation sites (tertiary alicyclic amines) is 1. The minimum atomic E-state index is 0. The standard InChI is InChI=1S/C24H39N5O.HI/c1-19-16-28(12-13-30-19)17-21-7-5-6-20(14-21)15-26-24(25-2)27-22-10-11-29(18-22)23-8-3-4-9-23;/h5-7,14,19,22-23H,3-4,8-13,15-18H2,1-2H3,(H2,25,26,27);1H. The first-order chi connectivity index (χ1) is 14.7. The van der Waals surface area contributed by atoms with Crippen LogP contribution in [0.2, 0.25) is 0 Å². The molecule has 2 aliphatic heterocycles. The lowest BCUT2D eigenvalue weighted by molar-refractivity contribution is -0.0212. The molecule has 4 rings (SSSR count). The van der Waals surface area contributed by atoms with E-state index in [0.717, 1.165) is 51.3 Å². The van der Waals surface area contributed by atoms with Crippen LogP contribution < -0.4 is 10.6 Å². The Labute approximate surface area is 205 Å². The Morgan fingerprint density at radius 2 is 1.94 bits per heavy atom. The van der Waals surface area contributed by atoms with Gasteiger partial charge in [0.2, 0.25) is 0 Å². The summed E-state index contributed by atoms with van der Waals surface area (Å²) in [6.45, 7) is 9.19. The zero-order valence-electron chi connectivity index (χ0n) is 19.2. The summed E-state index contributed by atoms with van der Waals surface area (Å²) in [4.78, 5) is 9.64. The largest absolute Gasteiger partial charge is 0.376 e. The van der Waals surface area contributed by atoms with Crippen molar-refractivity contribution in [3.63, 3.8) is 0 Å². The molecule has 2 N–H and O–H groups in total. The van der Waals surface area contributed by atoms with Gasteiger partial charge in [-0.15, -0.1) is 24.0 Å². The van der Waals surface area contributed by atoms with Gasteiger partial charge in [-0.2, -0.15) is 0 Å². The fraction of sp³-hybridized carbons (Fsp3) is 0.708. The summed E-state index contributed by atoms with van der Waals surface area (Å²) >= 11 is 0. The van der Waals surface area contributed by atoms with Crippen LogP contribution >= 0.6 is 24.0 Å². The minimum Gasteiger partial charge on any atom is -0.376 e. The first-order valence-electron chi connectivity index (χ1n) is 11.8. The van der Waals surface area contributed by atoms with Gasteiger partial charge < -0.3 is 15.4 Å². The number of morpholine rings is 1. The molecule has 31 heavy (non-hydrogen) atoms. The highest BCUT2D eigenvalue weighted by atomic mass is 127. The zero-order chi connectivity index (χ0) is 20.8. The maximum absolute atomic E-state index is 5.66. The zero-order valence-corrected chi connectivity index (χ0v) is 21.5. The number of halogens is 1. The fourth-order valence-corrected chi connectivity index (χ4v) is 5.21. The molecule has 2 unspecified atom stereocenters. The van der Waals surface area contributed by atoms with Crippen molar-refractivity contribution in [2.45, 2.75) is 70.3 Å². The van der Waals surface area contributed by atoms with Gasteiger partial charge in [-0.3, -0.25) is 14.8 Å². The molecule has 3 fully saturated rings. The van der Waals surface area contributed by atoms with Gasteiger partial charge in [-0.25, -0.2) is 0 Å². The van der Waals surface area contributed by atoms with Crippen molar-refractivity contribution < 1.29 is 4.74 Å². The van der Waals surface area contributed by atoms with Gasteiger partial charge in [0.25, 0.3) is 0 Å². The van der Waals surface area contributed by atoms with Crippen molar-refractivity contribution in [2.24, 2.45) is 4.99 Å². The normalized spacial score (nSPS) is 26.1. The lowest BCUT2D eigenvalue weighted by atomic mass is 10.1. The molecular weight excluding hydrogens is 501 g/mol. The van der Waals surface area contributed by atoms with Crippen LogP contribution in [0, 0.1) is 0 Å². The van der Waals surface area contributed by atoms with Gasteiger partial charge in [0.15, 0.2) is 5.96 Å². The van der Waals surface area contributed by atoms with Crippen LogP contribution in [0.1, 0.15) is 50.2 Å². The topological polar surface area (TPSA) is 52.1 Å². The van der Waals surface area contributed by atoms with Crippen LogP contribution in [0.4, 0.5) is 0 Å². The first kappa shape index (κ1) is 24.7. The average molecular weight is 542 g/mol. The number of rotatable bonds is 6. The molecule has 1 aliphatic carbocycles. The summed E-state index contributed by atoms with van der Waals surface area (Å²) in [5.74, 6) is 0.917. The molecule has 0 aromatic heterocycles. The van der Waals surface area contributed by atoms with Crippen LogP contribution in [-0.2, 0) is 17.8 Å². The monoisotopic (exact) mass is 541 g/mol. The Hall–Kier alpha value is -0.900. The first-order valence-corrected chi connectivity index (χ1v) is 11.8. The molecule has 1 aromatic carbocycles. The van der Waals surface area contributed by atoms with Gasteiger partial charge >= 0.3 is 0 Å². The summed E-state index contributed by atoms with van der Waals surface area (Å²) in [6.07, 6.45) is 7.14. The van der Waals surface area contributed by atoms with Crippen LogP contribution in [0.15, 0.2) is 29.3 Å². The molecule has 1 saturated carbocycles. The molecule has 6 nitrogen and oxygen atoms in total. The van der Waals surface area contributed by atoms with Gasteiger partial charge in [0.05, 0.1) is 12.7 Å². The second-order valence-corrected chi connectivity index (χ2v) is 9.23. The Kier molecular flexibility index (Phi) is 9.87. The van der Waals surface area contributed by atoms with E-state index in [0.29, 0.717) is 12.1 Å². The van der Waals surface area contributed by atoms with Crippen molar-refractivity contribution in [1.82, 2.24) is 20.4 Å². The van der Waals surface area contributed by atoms with Gasteiger partial charge in [-0.1, -0.05) is 37.1 Å². The van der Waals surface area contributed by atoms with E-state index in [1.54, 1.807) is 0 Å². The number of hydrogen-bond acceptors (Lipinski definition) is 4. The molecule has 0 bridgehead atoms. The molecule has 0 spiro atoms. The molecule has 7 heteroatoms. The van der Waals surface area contributed by atoms with E-state index in [-0.39, 0.29) is 24.0 Å². The molecule has 2 atom stereocenters. The van der Waals surface area contributed by atoms with E-state index in [1.807, 2.05) is 7.05 Å². The fourth-order valence-electron chi connectivity index (χ4n) is 5.21. The lowest BCUT2D eigenvalue weighted by Gasteiger charge is -2.31. The summed E-state index contributed by atoms with van der Waals surface area (Å²) in [7, 11) is 1.87. The second kappa shape index (κ2) is 12.4. The summed E-state index contributed by atoms with van der Waals surface area (Å²) in [5.41, 5.74) is 2.67. The molecule has 0 amide bonds. The van der Waals surface area contributed by atoms with E-state index in [2.05, 4.69) is 56.6 Å². The van der Waals surface area contributed by atoms with E-state index in [4.69, 9.17) is 4.74 Å². The minimum absolute atomic E-state index is 0. The van der Waals surface area contributed by atoms with Crippen LogP contribution in [-0.4, -0.2) is 73.8 Å². The molecule has 1 aromatic rings. The number of hydrogen-bond donors (Lipinski definition) is 2. The van der Waals surface area contributed by atoms with Crippen molar-refractivity contribution in [3.8, 4) is 0 Å². The Morgan fingerprint density at radius 1 is 1.13 bits per heavy atom. The predicted octanol–water partition coefficient (Wildman–Crippen LogP) is 3.21. The Morgan fingerprint density at radius 3 is 2.71 bits per heavy atom. The SMILES string of the molecule is CN=C(NCc1cccc(CN2CCOC(C)C2)c1)NC1CCN(C2CCCC2)C1.I. The third kappa shape index (κ3) is 7.30. The van der Waals surface area contributed by atoms with Crippen molar-refractivity contribution in [2.75, 3.05) is 39.8 Å². The van der Waals surface area contributed by atoms with Crippen molar-refractivity contribution in [3.05, 3.63) is 35.4 Å². The third-order valence-corrected chi connectivity index (χ3v) is 6.81. The number of aliphatic imine (C=N–C) groups is 1. The van der Waals surface area contributed by atoms with Gasteiger partial charge in [0, 0.05) is 58.4 Å². The van der Waals surface area contributed by atoms with E-state index < -0.39 is 0 Å². The molecule has 174 valence electrons. The molecule has 2 heterocycles. The molecular formula is C24H40IN5O. The molecule has 0 radical (unpaired) electrons. The number of nitrogens with one attached hydrogen (secondary N) is 2. The number of benzene rings is 1. The van der Waals surface area contributed by atoms with Crippen molar-refractivity contribution >= 4 is 29.9 Å². The van der Waals surface area contributed by atoms with E-state index in [9.17, 15) is 0 Å². The number of nitrogens with zero attached hydrogens (tertiary/aromatic N) is 3. The smallest absolute Gasteiger partial charge is 0.191 e. The van der Waals surface area contributed by atoms with E-state index >= 15 is 0 Å². The Balaban J connectivity index is 0.00000272. The maximum Gasteiger partial charge on any atom is 0.191 e. The predicted molar refractivity (Wildman–Crippen MR) is 138 cm³/mol. The highest BCUT2D eigenvalue weighted by Crippen LogP contribution is 2.26. The average Bonchev–Trinajstić information content (AvgIpc) is 3.43. The summed E-state index contributed by atoms with van der Waals surface area (Å²) in [5, 5.41) is 7.17. The molecule has 2 saturated heterocycles. The molecule has 3 aliphatic rings. The highest BCUT2D eigenvalue weighted by Gasteiger charge is 2.30. The number of guanidine groups is 1. The van der Waals surface area contributed by atoms with E-state index in [1.165, 1.54) is 49.8 Å². The highest BCUT2D eigenvalue weighted by molar-refractivity contribution is 14.0. The van der Waals surface area contributed by atoms with Crippen molar-refractivity contribution in [1.29, 1.82) is 0 Å². The summed E-state index contributed by atoms with van der Waals surface area (Å²) in [6, 6.07) is 10.2. The second-order valence-electron chi connectivity index (χ2n) is 9.23. The Bertz CT molecular complexity index is 709. The van der Waals surface area contributed by atoms with Gasteiger partial charge in [-0.05, 0) is 37.3 Å². The number of ether oxygens (including phenoxy) is 1.